The van der Waals surface area contributed by atoms with Gasteiger partial charge in [-0.15, -0.1) is 5.06 Å². The van der Waals surface area contributed by atoms with E-state index in [-0.39, 0.29) is 6.73 Å². The zero-order valence-corrected chi connectivity index (χ0v) is 5.16. The monoisotopic (exact) mass is 133 g/mol. The van der Waals surface area contributed by atoms with Crippen molar-refractivity contribution in [2.45, 2.75) is 19.1 Å². The molecular weight excluding hydrogens is 122 g/mol. The molecule has 2 N–H and O–H groups in total. The molecule has 4 heteroatoms. The fourth-order valence-corrected chi connectivity index (χ4v) is 0.761. The molecule has 0 radical (unpaired) electrons. The molecule has 1 atom stereocenters. The predicted octanol–water partition coefficient (Wildman–Crippen LogP) is -0.236. The molecule has 1 aliphatic heterocycles. The Balaban J connectivity index is 2.32. The molecule has 9 heavy (non-hydrogen) atoms. The Morgan fingerprint density at radius 1 is 1.56 bits per heavy atom. The molecule has 1 heterocycles. The summed E-state index contributed by atoms with van der Waals surface area (Å²) in [6.45, 7) is 0.731. The Morgan fingerprint density at radius 2 is 2.33 bits per heavy atom. The molecule has 4 nitrogen and oxygen atoms in total. The van der Waals surface area contributed by atoms with Crippen LogP contribution in [0.5, 0.6) is 0 Å². The Hall–Kier alpha value is -0.160. The Bertz CT molecular complexity index is 78.3. The number of nitrogens with zero attached hydrogens (tertiary/aromatic N) is 1. The van der Waals surface area contributed by atoms with Crippen LogP contribution in [0, 0.1) is 0 Å². The van der Waals surface area contributed by atoms with Crippen LogP contribution < -0.4 is 0 Å². The van der Waals surface area contributed by atoms with Crippen LogP contribution in [0.15, 0.2) is 0 Å². The van der Waals surface area contributed by atoms with Gasteiger partial charge in [-0.3, -0.25) is 0 Å². The summed E-state index contributed by atoms with van der Waals surface area (Å²) in [5.41, 5.74) is 0. The van der Waals surface area contributed by atoms with Crippen LogP contribution in [0.2, 0.25) is 0 Å². The summed E-state index contributed by atoms with van der Waals surface area (Å²) >= 11 is 0. The molecule has 0 aromatic carbocycles. The summed E-state index contributed by atoms with van der Waals surface area (Å²) in [6.07, 6.45) is 0.641. The van der Waals surface area contributed by atoms with E-state index in [4.69, 9.17) is 15.1 Å². The highest BCUT2D eigenvalue weighted by Gasteiger charge is 2.15. The van der Waals surface area contributed by atoms with Crippen LogP contribution in [-0.2, 0) is 4.74 Å². The van der Waals surface area contributed by atoms with Crippen molar-refractivity contribution in [3.8, 4) is 0 Å². The van der Waals surface area contributed by atoms with Crippen LogP contribution >= 0.6 is 0 Å². The highest BCUT2D eigenvalue weighted by Crippen LogP contribution is 2.05. The van der Waals surface area contributed by atoms with Gasteiger partial charge in [0.05, 0.1) is 0 Å². The van der Waals surface area contributed by atoms with E-state index in [2.05, 4.69) is 0 Å². The topological polar surface area (TPSA) is 52.9 Å². The summed E-state index contributed by atoms with van der Waals surface area (Å²) in [6, 6.07) is 0. The largest absolute Gasteiger partial charge is 0.376 e. The second-order valence-corrected chi connectivity index (χ2v) is 2.10. The van der Waals surface area contributed by atoms with Gasteiger partial charge in [-0.25, -0.2) is 0 Å². The molecular formula is C5H11NO3. The second kappa shape index (κ2) is 3.12. The summed E-state index contributed by atoms with van der Waals surface area (Å²) in [5, 5.41) is 18.6. The molecule has 0 saturated carbocycles. The molecule has 0 amide bonds. The zero-order valence-electron chi connectivity index (χ0n) is 5.16. The Morgan fingerprint density at radius 3 is 3.11 bits per heavy atom. The van der Waals surface area contributed by atoms with Crippen molar-refractivity contribution in [1.29, 1.82) is 0 Å². The number of hydrogen-bond donors (Lipinski definition) is 2. The third-order valence-corrected chi connectivity index (χ3v) is 1.32. The standard InChI is InChI=1S/C5H11NO3/c7-5-2-1-3-9-4-6(5)8/h5,7-8H,1-4H2. The lowest BCUT2D eigenvalue weighted by Crippen LogP contribution is -2.31. The third kappa shape index (κ3) is 1.91. The molecule has 0 spiro atoms. The molecule has 0 aromatic rings. The molecule has 0 bridgehead atoms. The van der Waals surface area contributed by atoms with E-state index in [0.717, 1.165) is 11.5 Å². The summed E-state index contributed by atoms with van der Waals surface area (Å²) < 4.78 is 4.89. The van der Waals surface area contributed by atoms with Crippen LogP contribution in [0.1, 0.15) is 12.8 Å². The molecule has 1 fully saturated rings. The van der Waals surface area contributed by atoms with Gasteiger partial charge in [0.1, 0.15) is 13.0 Å². The van der Waals surface area contributed by atoms with E-state index in [9.17, 15) is 0 Å². The lowest BCUT2D eigenvalue weighted by molar-refractivity contribution is -0.229. The van der Waals surface area contributed by atoms with Gasteiger partial charge >= 0.3 is 0 Å². The van der Waals surface area contributed by atoms with Crippen LogP contribution in [0.4, 0.5) is 0 Å². The van der Waals surface area contributed by atoms with Crippen molar-refractivity contribution in [1.82, 2.24) is 5.06 Å². The van der Waals surface area contributed by atoms with Crippen molar-refractivity contribution >= 4 is 0 Å². The van der Waals surface area contributed by atoms with Crippen LogP contribution in [0.25, 0.3) is 0 Å². The van der Waals surface area contributed by atoms with E-state index in [0.29, 0.717) is 13.0 Å². The van der Waals surface area contributed by atoms with Gasteiger partial charge in [-0.2, -0.15) is 0 Å². The third-order valence-electron chi connectivity index (χ3n) is 1.32. The molecule has 1 aliphatic rings. The highest BCUT2D eigenvalue weighted by atomic mass is 16.6. The van der Waals surface area contributed by atoms with Crippen molar-refractivity contribution < 1.29 is 15.1 Å². The van der Waals surface area contributed by atoms with Crippen molar-refractivity contribution in [3.05, 3.63) is 0 Å². The predicted molar refractivity (Wildman–Crippen MR) is 29.7 cm³/mol. The molecule has 0 aliphatic carbocycles. The smallest absolute Gasteiger partial charge is 0.132 e. The van der Waals surface area contributed by atoms with E-state index < -0.39 is 6.23 Å². The maximum Gasteiger partial charge on any atom is 0.132 e. The number of aliphatic hydroxyl groups is 1. The zero-order chi connectivity index (χ0) is 6.69. The van der Waals surface area contributed by atoms with Crippen LogP contribution in [0.3, 0.4) is 0 Å². The number of hydrogen-bond acceptors (Lipinski definition) is 4. The Kier molecular flexibility index (Phi) is 2.41. The normalized spacial score (nSPS) is 32.0. The van der Waals surface area contributed by atoms with E-state index in [1.54, 1.807) is 0 Å². The first-order valence-electron chi connectivity index (χ1n) is 3.02. The SMILES string of the molecule is OC1CCCOCN1O. The summed E-state index contributed by atoms with van der Waals surface area (Å²) in [4.78, 5) is 0. The minimum atomic E-state index is -0.743. The van der Waals surface area contributed by atoms with Gasteiger partial charge in [-0.05, 0) is 12.8 Å². The minimum absolute atomic E-state index is 0.112. The molecule has 1 saturated heterocycles. The highest BCUT2D eigenvalue weighted by molar-refractivity contribution is 4.52. The van der Waals surface area contributed by atoms with Crippen molar-refractivity contribution in [2.24, 2.45) is 0 Å². The number of rotatable bonds is 0. The van der Waals surface area contributed by atoms with E-state index in [1.807, 2.05) is 0 Å². The van der Waals surface area contributed by atoms with Gasteiger partial charge in [0.2, 0.25) is 0 Å². The lowest BCUT2D eigenvalue weighted by Gasteiger charge is -2.15. The Labute approximate surface area is 53.6 Å². The van der Waals surface area contributed by atoms with Gasteiger partial charge in [0.15, 0.2) is 0 Å². The number of ether oxygens (including phenoxy) is 1. The maximum atomic E-state index is 8.95. The maximum absolute atomic E-state index is 8.95. The number of hydroxylamine groups is 2. The first-order chi connectivity index (χ1) is 4.30. The quantitative estimate of drug-likeness (QED) is 0.479. The molecule has 54 valence electrons. The summed E-state index contributed by atoms with van der Waals surface area (Å²) in [5.74, 6) is 0. The van der Waals surface area contributed by atoms with Gasteiger partial charge in [0, 0.05) is 6.61 Å². The number of aliphatic hydroxyl groups excluding tert-OH is 1. The molecule has 1 unspecified atom stereocenters. The van der Waals surface area contributed by atoms with Crippen molar-refractivity contribution in [2.75, 3.05) is 13.3 Å². The van der Waals surface area contributed by atoms with E-state index in [1.165, 1.54) is 0 Å². The molecule has 0 aromatic heterocycles. The average Bonchev–Trinajstić information content (AvgIpc) is 1.99. The van der Waals surface area contributed by atoms with Gasteiger partial charge in [0.25, 0.3) is 0 Å². The fraction of sp³-hybridized carbons (Fsp3) is 1.00. The first kappa shape index (κ1) is 6.95. The molecule has 1 rings (SSSR count). The lowest BCUT2D eigenvalue weighted by atomic mass is 10.3. The van der Waals surface area contributed by atoms with E-state index >= 15 is 0 Å². The van der Waals surface area contributed by atoms with Gasteiger partial charge in [-0.1, -0.05) is 0 Å². The average molecular weight is 133 g/mol. The van der Waals surface area contributed by atoms with Crippen LogP contribution in [-0.4, -0.2) is 34.9 Å². The van der Waals surface area contributed by atoms with Gasteiger partial charge < -0.3 is 15.1 Å². The second-order valence-electron chi connectivity index (χ2n) is 2.10. The summed E-state index contributed by atoms with van der Waals surface area (Å²) in [7, 11) is 0. The van der Waals surface area contributed by atoms with Crippen molar-refractivity contribution in [3.63, 3.8) is 0 Å². The first-order valence-corrected chi connectivity index (χ1v) is 3.02. The fourth-order valence-electron chi connectivity index (χ4n) is 0.761. The minimum Gasteiger partial charge on any atom is -0.376 e.